The van der Waals surface area contributed by atoms with Gasteiger partial charge in [0, 0.05) is 50.2 Å². The predicted octanol–water partition coefficient (Wildman–Crippen LogP) is 13.8. The Kier molecular flexibility index (Phi) is 9.29. The summed E-state index contributed by atoms with van der Waals surface area (Å²) in [6, 6.07) is 52.6. The van der Waals surface area contributed by atoms with Crippen LogP contribution in [0.15, 0.2) is 140 Å². The van der Waals surface area contributed by atoms with E-state index in [0.717, 1.165) is 11.4 Å². The minimum absolute atomic E-state index is 0.0170. The summed E-state index contributed by atoms with van der Waals surface area (Å²) in [6.45, 7) is 25.4. The molecule has 0 saturated carbocycles. The molecule has 0 aliphatic carbocycles. The van der Waals surface area contributed by atoms with E-state index in [2.05, 4.69) is 230 Å². The summed E-state index contributed by atoms with van der Waals surface area (Å²) >= 11 is 1.95. The van der Waals surface area contributed by atoms with Gasteiger partial charge in [-0.3, -0.25) is 0 Å². The molecule has 0 N–H and O–H groups in total. The van der Waals surface area contributed by atoms with Crippen molar-refractivity contribution in [2.75, 3.05) is 14.7 Å². The Morgan fingerprint density at radius 3 is 1.44 bits per heavy atom. The van der Waals surface area contributed by atoms with E-state index in [1.165, 1.54) is 82.6 Å². The first kappa shape index (κ1) is 39.0. The van der Waals surface area contributed by atoms with E-state index < -0.39 is 0 Å². The fourth-order valence-electron chi connectivity index (χ4n) is 9.07. The Balaban J connectivity index is 1.37. The van der Waals surface area contributed by atoms with E-state index in [9.17, 15) is 0 Å². The average molecular weight is 790 g/mol. The second-order valence-corrected chi connectivity index (χ2v) is 20.7. The van der Waals surface area contributed by atoms with Crippen LogP contribution < -0.4 is 30.4 Å². The Bertz CT molecular complexity index is 2640. The highest BCUT2D eigenvalue weighted by Crippen LogP contribution is 2.51. The number of thiophene rings is 1. The summed E-state index contributed by atoms with van der Waals surface area (Å²) in [5.41, 5.74) is 19.1. The lowest BCUT2D eigenvalue weighted by molar-refractivity contribution is 0.590. The van der Waals surface area contributed by atoms with Crippen LogP contribution >= 0.6 is 11.3 Å². The van der Waals surface area contributed by atoms with Gasteiger partial charge in [0.05, 0.1) is 5.69 Å². The number of hydrogen-bond acceptors (Lipinski definition) is 4. The highest BCUT2D eigenvalue weighted by atomic mass is 32.1. The number of benzene rings is 6. The molecule has 5 heteroatoms. The average Bonchev–Trinajstić information content (AvgIpc) is 3.53. The van der Waals surface area contributed by atoms with Crippen LogP contribution in [0.25, 0.3) is 0 Å². The van der Waals surface area contributed by atoms with Crippen molar-refractivity contribution in [2.45, 2.75) is 92.4 Å². The first-order chi connectivity index (χ1) is 28.0. The molecular formula is C54H56BN3S. The fraction of sp³-hybridized carbons (Fsp3) is 0.259. The van der Waals surface area contributed by atoms with Crippen LogP contribution in [0.5, 0.6) is 0 Å². The van der Waals surface area contributed by atoms with Gasteiger partial charge in [-0.25, -0.2) is 0 Å². The molecule has 2 aliphatic heterocycles. The normalized spacial score (nSPS) is 13.6. The van der Waals surface area contributed by atoms with E-state index >= 15 is 0 Å². The molecule has 6 aromatic carbocycles. The van der Waals surface area contributed by atoms with E-state index in [4.69, 9.17) is 0 Å². The Labute approximate surface area is 357 Å². The highest BCUT2D eigenvalue weighted by molar-refractivity contribution is 7.32. The Morgan fingerprint density at radius 1 is 0.492 bits per heavy atom. The fourth-order valence-corrected chi connectivity index (χ4v) is 10.5. The van der Waals surface area contributed by atoms with Crippen molar-refractivity contribution in [1.82, 2.24) is 0 Å². The van der Waals surface area contributed by atoms with E-state index in [-0.39, 0.29) is 23.0 Å². The molecule has 3 nitrogen and oxygen atoms in total. The molecule has 0 unspecified atom stereocenters. The molecule has 7 aromatic rings. The molecule has 59 heavy (non-hydrogen) atoms. The van der Waals surface area contributed by atoms with Crippen LogP contribution in [0.3, 0.4) is 0 Å². The molecule has 3 heterocycles. The lowest BCUT2D eigenvalue weighted by Crippen LogP contribution is -2.60. The van der Waals surface area contributed by atoms with Crippen molar-refractivity contribution in [3.05, 3.63) is 167 Å². The summed E-state index contributed by atoms with van der Waals surface area (Å²) in [4.78, 5) is 7.60. The zero-order chi connectivity index (χ0) is 41.6. The maximum atomic E-state index is 2.59. The molecule has 0 fully saturated rings. The number of nitrogens with zero attached hydrogens (tertiary/aromatic N) is 3. The topological polar surface area (TPSA) is 9.72 Å². The van der Waals surface area contributed by atoms with Gasteiger partial charge >= 0.3 is 0 Å². The minimum atomic E-state index is -0.0170. The third-order valence-corrected chi connectivity index (χ3v) is 13.6. The van der Waals surface area contributed by atoms with E-state index in [1.54, 1.807) is 0 Å². The van der Waals surface area contributed by atoms with Crippen molar-refractivity contribution in [1.29, 1.82) is 0 Å². The predicted molar refractivity (Wildman–Crippen MR) is 259 cm³/mol. The summed E-state index contributed by atoms with van der Waals surface area (Å²) in [7, 11) is 0. The zero-order valence-electron chi connectivity index (χ0n) is 36.6. The maximum absolute atomic E-state index is 2.59. The summed E-state index contributed by atoms with van der Waals surface area (Å²) in [5, 5.41) is 1.24. The molecule has 0 amide bonds. The van der Waals surface area contributed by atoms with Crippen LogP contribution in [0, 0.1) is 13.8 Å². The van der Waals surface area contributed by atoms with Crippen molar-refractivity contribution in [3.63, 3.8) is 0 Å². The number of anilines is 9. The van der Waals surface area contributed by atoms with Gasteiger partial charge < -0.3 is 14.7 Å². The Morgan fingerprint density at radius 2 is 0.949 bits per heavy atom. The standard InChI is InChI=1S/C54H56BN3S/c1-35-32-46-48-47(33-35)58(43-29-24-38(25-30-43)53(6,7)8)49-36(2)51(56(40-18-14-12-15-19-40)41-20-16-13-17-21-41)59-50(49)55(48)44-34-39(54(9,10)11)26-31-45(44)57(46)42-27-22-37(23-28-42)52(3,4)5/h12-34H,1-11H3. The van der Waals surface area contributed by atoms with Gasteiger partial charge in [-0.05, 0) is 130 Å². The lowest BCUT2D eigenvalue weighted by atomic mass is 9.36. The molecule has 0 spiro atoms. The van der Waals surface area contributed by atoms with Crippen molar-refractivity contribution in [2.24, 2.45) is 0 Å². The molecule has 0 radical (unpaired) electrons. The smallest absolute Gasteiger partial charge is 0.264 e. The van der Waals surface area contributed by atoms with Crippen LogP contribution in [0.1, 0.15) is 90.1 Å². The van der Waals surface area contributed by atoms with Crippen molar-refractivity contribution >= 4 is 84.3 Å². The SMILES string of the molecule is Cc1cc2c3c(c1)N(c1ccc(C(C)(C)C)cc1)c1c(sc(N(c4ccccc4)c4ccccc4)c1C)B3c1cc(C(C)(C)C)ccc1N2c1ccc(C(C)(C)C)cc1. The molecule has 1 aromatic heterocycles. The van der Waals surface area contributed by atoms with E-state index in [0.29, 0.717) is 0 Å². The number of hydrogen-bond donors (Lipinski definition) is 0. The molecule has 296 valence electrons. The molecule has 0 bridgehead atoms. The third-order valence-electron chi connectivity index (χ3n) is 12.3. The molecule has 9 rings (SSSR count). The number of aryl methyl sites for hydroxylation is 1. The molecular weight excluding hydrogens is 733 g/mol. The van der Waals surface area contributed by atoms with Gasteiger partial charge in [0.25, 0.3) is 6.71 Å². The largest absolute Gasteiger partial charge is 0.311 e. The Hall–Kier alpha value is -5.52. The summed E-state index contributed by atoms with van der Waals surface area (Å²) in [5.74, 6) is 0. The highest BCUT2D eigenvalue weighted by Gasteiger charge is 2.46. The summed E-state index contributed by atoms with van der Waals surface area (Å²) < 4.78 is 1.38. The second-order valence-electron chi connectivity index (χ2n) is 19.7. The van der Waals surface area contributed by atoms with Gasteiger partial charge in [-0.1, -0.05) is 135 Å². The zero-order valence-corrected chi connectivity index (χ0v) is 37.4. The van der Waals surface area contributed by atoms with Gasteiger partial charge in [0.1, 0.15) is 5.00 Å². The van der Waals surface area contributed by atoms with Gasteiger partial charge in [0.15, 0.2) is 0 Å². The third kappa shape index (κ3) is 6.68. The lowest BCUT2D eigenvalue weighted by Gasteiger charge is -2.44. The monoisotopic (exact) mass is 789 g/mol. The summed E-state index contributed by atoms with van der Waals surface area (Å²) in [6.07, 6.45) is 0. The molecule has 0 atom stereocenters. The van der Waals surface area contributed by atoms with Crippen molar-refractivity contribution in [3.8, 4) is 0 Å². The minimum Gasteiger partial charge on any atom is -0.311 e. The molecule has 2 aliphatic rings. The molecule has 0 saturated heterocycles. The number of fused-ring (bicyclic) bond motifs is 4. The quantitative estimate of drug-likeness (QED) is 0.161. The second kappa shape index (κ2) is 14.1. The van der Waals surface area contributed by atoms with Crippen LogP contribution in [-0.4, -0.2) is 6.71 Å². The number of rotatable bonds is 5. The van der Waals surface area contributed by atoms with Crippen LogP contribution in [0.2, 0.25) is 0 Å². The van der Waals surface area contributed by atoms with Crippen molar-refractivity contribution < 1.29 is 0 Å². The van der Waals surface area contributed by atoms with Gasteiger partial charge in [-0.15, -0.1) is 11.3 Å². The van der Waals surface area contributed by atoms with Crippen LogP contribution in [0.4, 0.5) is 50.5 Å². The maximum Gasteiger partial charge on any atom is 0.264 e. The van der Waals surface area contributed by atoms with E-state index in [1.807, 2.05) is 11.3 Å². The first-order valence-electron chi connectivity index (χ1n) is 21.1. The van der Waals surface area contributed by atoms with Crippen LogP contribution in [-0.2, 0) is 16.2 Å². The first-order valence-corrected chi connectivity index (χ1v) is 22.0. The number of para-hydroxylation sites is 2. The van der Waals surface area contributed by atoms with Gasteiger partial charge in [-0.2, -0.15) is 0 Å². The van der Waals surface area contributed by atoms with Gasteiger partial charge in [0.2, 0.25) is 0 Å².